The van der Waals surface area contributed by atoms with Crippen LogP contribution in [0.2, 0.25) is 0 Å². The molecular formula is C21H23N5O3. The fourth-order valence-electron chi connectivity index (χ4n) is 3.90. The highest BCUT2D eigenvalue weighted by Gasteiger charge is 2.29. The molecule has 0 amide bonds. The lowest BCUT2D eigenvalue weighted by Crippen LogP contribution is -2.17. The number of nitrogens with zero attached hydrogens (tertiary/aromatic N) is 3. The normalized spacial score (nSPS) is 19.4. The van der Waals surface area contributed by atoms with Crippen LogP contribution < -0.4 is 10.1 Å². The molecular weight excluding hydrogens is 370 g/mol. The fraction of sp³-hybridized carbons (Fsp3) is 0.333. The maximum atomic E-state index is 10.0. The summed E-state index contributed by atoms with van der Waals surface area (Å²) in [5.41, 5.74) is 4.57. The third kappa shape index (κ3) is 3.25. The summed E-state index contributed by atoms with van der Waals surface area (Å²) in [5.74, 6) is 1.68. The van der Waals surface area contributed by atoms with E-state index in [4.69, 9.17) is 14.5 Å². The van der Waals surface area contributed by atoms with Crippen LogP contribution in [0.3, 0.4) is 0 Å². The summed E-state index contributed by atoms with van der Waals surface area (Å²) in [6.45, 7) is 1.64. The number of rotatable bonds is 6. The number of fused-ring (bicyclic) bond motifs is 3. The molecule has 1 aliphatic rings. The number of methoxy groups -OCH3 is 1. The van der Waals surface area contributed by atoms with E-state index in [0.29, 0.717) is 26.2 Å². The van der Waals surface area contributed by atoms with E-state index < -0.39 is 0 Å². The smallest absolute Gasteiger partial charge is 0.154 e. The predicted octanol–water partition coefficient (Wildman–Crippen LogP) is 2.30. The Labute approximate surface area is 167 Å². The van der Waals surface area contributed by atoms with Crippen LogP contribution in [0.25, 0.3) is 27.9 Å². The summed E-state index contributed by atoms with van der Waals surface area (Å²) in [7, 11) is 1.65. The molecule has 0 spiro atoms. The van der Waals surface area contributed by atoms with Crippen LogP contribution in [0, 0.1) is 0 Å². The van der Waals surface area contributed by atoms with Crippen molar-refractivity contribution in [2.24, 2.45) is 0 Å². The Hall–Kier alpha value is -2.94. The van der Waals surface area contributed by atoms with E-state index in [1.807, 2.05) is 42.7 Å². The van der Waals surface area contributed by atoms with Gasteiger partial charge in [-0.05, 0) is 36.8 Å². The molecule has 3 N–H and O–H groups in total. The van der Waals surface area contributed by atoms with E-state index in [9.17, 15) is 5.11 Å². The molecule has 150 valence electrons. The zero-order valence-electron chi connectivity index (χ0n) is 16.1. The van der Waals surface area contributed by atoms with E-state index >= 15 is 0 Å². The predicted molar refractivity (Wildman–Crippen MR) is 109 cm³/mol. The number of aromatic nitrogens is 4. The number of β-amino-alcohol motifs (C(OH)–C–C–N with tert-alkyl or cyclic N) is 1. The van der Waals surface area contributed by atoms with Crippen molar-refractivity contribution < 1.29 is 14.6 Å². The fourth-order valence-corrected chi connectivity index (χ4v) is 3.90. The minimum atomic E-state index is -0.358. The Morgan fingerprint density at radius 1 is 1.17 bits per heavy atom. The van der Waals surface area contributed by atoms with Gasteiger partial charge in [-0.3, -0.25) is 4.40 Å². The van der Waals surface area contributed by atoms with Crippen LogP contribution in [0.1, 0.15) is 18.3 Å². The second-order valence-corrected chi connectivity index (χ2v) is 7.22. The van der Waals surface area contributed by atoms with Crippen molar-refractivity contribution in [1.29, 1.82) is 0 Å². The summed E-state index contributed by atoms with van der Waals surface area (Å²) in [6.07, 6.45) is 4.00. The number of aliphatic hydroxyl groups excluding tert-OH is 1. The number of benzene rings is 1. The third-order valence-corrected chi connectivity index (χ3v) is 5.30. The molecule has 4 aromatic rings. The lowest BCUT2D eigenvalue weighted by atomic mass is 10.1. The van der Waals surface area contributed by atoms with Gasteiger partial charge in [0.05, 0.1) is 41.7 Å². The van der Waals surface area contributed by atoms with Crippen LogP contribution in [0.4, 0.5) is 0 Å². The van der Waals surface area contributed by atoms with Gasteiger partial charge in [-0.15, -0.1) is 0 Å². The van der Waals surface area contributed by atoms with Crippen LogP contribution in [-0.4, -0.2) is 57.4 Å². The van der Waals surface area contributed by atoms with Gasteiger partial charge in [0.1, 0.15) is 18.2 Å². The molecule has 5 rings (SSSR count). The summed E-state index contributed by atoms with van der Waals surface area (Å²) in [5, 5.41) is 13.4. The zero-order chi connectivity index (χ0) is 19.8. The summed E-state index contributed by atoms with van der Waals surface area (Å²) >= 11 is 0. The largest absolute Gasteiger partial charge is 0.491 e. The number of imidazole rings is 1. The second kappa shape index (κ2) is 7.47. The third-order valence-electron chi connectivity index (χ3n) is 5.30. The molecule has 3 aromatic heterocycles. The SMILES string of the molecule is COCCOc1ccc(-c2nc([C@H]3C[C@@H](O)CN3)n3c2cnc2[nH]ccc23)cc1. The first-order chi connectivity index (χ1) is 14.2. The highest BCUT2D eigenvalue weighted by Crippen LogP contribution is 2.33. The Morgan fingerprint density at radius 2 is 2.03 bits per heavy atom. The van der Waals surface area contributed by atoms with Crippen molar-refractivity contribution in [3.63, 3.8) is 0 Å². The number of aromatic amines is 1. The standard InChI is InChI=1S/C21H23N5O3/c1-28-8-9-29-15-4-2-13(3-5-15)19-18-12-24-20-17(6-7-22-20)26(18)21(25-19)16-10-14(27)11-23-16/h2-7,12,14,16,22-23,27H,8-11H2,1H3/t14-,16-/m1/s1. The van der Waals surface area contributed by atoms with Crippen molar-refractivity contribution in [3.8, 4) is 17.0 Å². The lowest BCUT2D eigenvalue weighted by Gasteiger charge is -2.09. The number of nitrogens with one attached hydrogen (secondary N) is 2. The first-order valence-electron chi connectivity index (χ1n) is 9.72. The second-order valence-electron chi connectivity index (χ2n) is 7.22. The van der Waals surface area contributed by atoms with Gasteiger partial charge in [0, 0.05) is 25.4 Å². The molecule has 0 aliphatic carbocycles. The Bertz CT molecular complexity index is 1130. The number of aliphatic hydroxyl groups is 1. The van der Waals surface area contributed by atoms with Crippen LogP contribution in [0.5, 0.6) is 5.75 Å². The van der Waals surface area contributed by atoms with Gasteiger partial charge in [0.2, 0.25) is 0 Å². The first kappa shape index (κ1) is 18.1. The molecule has 0 unspecified atom stereocenters. The summed E-state index contributed by atoms with van der Waals surface area (Å²) < 4.78 is 12.8. The van der Waals surface area contributed by atoms with Gasteiger partial charge < -0.3 is 24.9 Å². The monoisotopic (exact) mass is 393 g/mol. The molecule has 4 heterocycles. The van der Waals surface area contributed by atoms with Gasteiger partial charge >= 0.3 is 0 Å². The Kier molecular flexibility index (Phi) is 4.67. The Balaban J connectivity index is 1.59. The van der Waals surface area contributed by atoms with E-state index in [2.05, 4.69) is 19.7 Å². The molecule has 1 fully saturated rings. The highest BCUT2D eigenvalue weighted by atomic mass is 16.5. The lowest BCUT2D eigenvalue weighted by molar-refractivity contribution is 0.146. The average Bonchev–Trinajstić information content (AvgIpc) is 3.45. The van der Waals surface area contributed by atoms with Gasteiger partial charge in [0.15, 0.2) is 5.65 Å². The average molecular weight is 393 g/mol. The van der Waals surface area contributed by atoms with E-state index in [-0.39, 0.29) is 12.1 Å². The maximum absolute atomic E-state index is 10.0. The first-order valence-corrected chi connectivity index (χ1v) is 9.72. The van der Waals surface area contributed by atoms with Crippen molar-refractivity contribution in [3.05, 3.63) is 48.5 Å². The summed E-state index contributed by atoms with van der Waals surface area (Å²) in [4.78, 5) is 12.7. The van der Waals surface area contributed by atoms with Gasteiger partial charge in [-0.2, -0.15) is 0 Å². The molecule has 0 saturated carbocycles. The number of ether oxygens (including phenoxy) is 2. The van der Waals surface area contributed by atoms with Crippen molar-refractivity contribution in [2.75, 3.05) is 26.9 Å². The van der Waals surface area contributed by atoms with Gasteiger partial charge in [-0.25, -0.2) is 9.97 Å². The van der Waals surface area contributed by atoms with Gasteiger partial charge in [0.25, 0.3) is 0 Å². The van der Waals surface area contributed by atoms with Crippen LogP contribution in [0.15, 0.2) is 42.7 Å². The molecule has 8 nitrogen and oxygen atoms in total. The Morgan fingerprint density at radius 3 is 2.79 bits per heavy atom. The zero-order valence-corrected chi connectivity index (χ0v) is 16.1. The molecule has 8 heteroatoms. The minimum absolute atomic E-state index is 0.0107. The number of H-pyrrole nitrogens is 1. The molecule has 2 atom stereocenters. The van der Waals surface area contributed by atoms with Crippen LogP contribution in [-0.2, 0) is 4.74 Å². The molecule has 1 aliphatic heterocycles. The van der Waals surface area contributed by atoms with Crippen LogP contribution >= 0.6 is 0 Å². The topological polar surface area (TPSA) is 96.7 Å². The number of hydrogen-bond donors (Lipinski definition) is 3. The highest BCUT2D eigenvalue weighted by molar-refractivity contribution is 5.84. The molecule has 29 heavy (non-hydrogen) atoms. The van der Waals surface area contributed by atoms with E-state index in [0.717, 1.165) is 39.5 Å². The number of hydrogen-bond acceptors (Lipinski definition) is 6. The molecule has 1 aromatic carbocycles. The molecule has 0 bridgehead atoms. The summed E-state index contributed by atoms with van der Waals surface area (Å²) in [6, 6.07) is 9.88. The van der Waals surface area contributed by atoms with E-state index in [1.54, 1.807) is 7.11 Å². The quantitative estimate of drug-likeness (QED) is 0.435. The van der Waals surface area contributed by atoms with Crippen molar-refractivity contribution in [2.45, 2.75) is 18.6 Å². The maximum Gasteiger partial charge on any atom is 0.154 e. The molecule has 0 radical (unpaired) electrons. The van der Waals surface area contributed by atoms with Gasteiger partial charge in [-0.1, -0.05) is 0 Å². The van der Waals surface area contributed by atoms with Crippen molar-refractivity contribution in [1.82, 2.24) is 24.7 Å². The van der Waals surface area contributed by atoms with Crippen molar-refractivity contribution >= 4 is 16.7 Å². The minimum Gasteiger partial charge on any atom is -0.491 e. The molecule has 1 saturated heterocycles. The van der Waals surface area contributed by atoms with E-state index in [1.165, 1.54) is 0 Å².